The molecule has 1 unspecified atom stereocenters. The quantitative estimate of drug-likeness (QED) is 0.692. The Bertz CT molecular complexity index is 267. The molecule has 5 nitrogen and oxygen atoms in total. The first-order valence-corrected chi connectivity index (χ1v) is 5.25. The van der Waals surface area contributed by atoms with Gasteiger partial charge in [-0.3, -0.25) is 4.79 Å². The Morgan fingerprint density at radius 2 is 2.33 bits per heavy atom. The molecule has 5 heteroatoms. The van der Waals surface area contributed by atoms with Gasteiger partial charge in [0.2, 0.25) is 5.91 Å². The molecule has 0 aromatic rings. The molecular weight excluding hydrogens is 196 g/mol. The van der Waals surface area contributed by atoms with Gasteiger partial charge in [-0.25, -0.2) is 4.79 Å². The third-order valence-electron chi connectivity index (χ3n) is 2.96. The van der Waals surface area contributed by atoms with Crippen LogP contribution < -0.4 is 5.73 Å². The third kappa shape index (κ3) is 2.47. The molecule has 0 aromatic carbocycles. The summed E-state index contributed by atoms with van der Waals surface area (Å²) >= 11 is 0. The molecule has 1 aliphatic rings. The van der Waals surface area contributed by atoms with Gasteiger partial charge in [-0.05, 0) is 5.92 Å². The first kappa shape index (κ1) is 12.0. The Morgan fingerprint density at radius 3 is 2.67 bits per heavy atom. The number of aliphatic carboxylic acids is 1. The highest BCUT2D eigenvalue weighted by Crippen LogP contribution is 2.20. The smallest absolute Gasteiger partial charge is 0.326 e. The number of likely N-dealkylation sites (tertiary alicyclic amines) is 1. The van der Waals surface area contributed by atoms with E-state index in [0.29, 0.717) is 6.54 Å². The Kier molecular flexibility index (Phi) is 3.68. The standard InChI is InChI=1S/C10H18N2O3/c1-3-6(2)9(10(14)15)12-5-7(11)4-8(12)13/h6-7,9H,3-5,11H2,1-2H3,(H,14,15)/t6-,7?,9-/m0/s1. The molecule has 0 radical (unpaired) electrons. The minimum absolute atomic E-state index is 0.0447. The number of nitrogens with zero attached hydrogens (tertiary/aromatic N) is 1. The third-order valence-corrected chi connectivity index (χ3v) is 2.96. The van der Waals surface area contributed by atoms with E-state index in [1.807, 2.05) is 13.8 Å². The first-order valence-electron chi connectivity index (χ1n) is 5.25. The molecule has 0 aromatic heterocycles. The summed E-state index contributed by atoms with van der Waals surface area (Å²) in [5.41, 5.74) is 5.64. The first-order chi connectivity index (χ1) is 6.97. The zero-order chi connectivity index (χ0) is 11.6. The van der Waals surface area contributed by atoms with Crippen molar-refractivity contribution < 1.29 is 14.7 Å². The number of hydrogen-bond acceptors (Lipinski definition) is 3. The molecule has 3 atom stereocenters. The predicted octanol–water partition coefficient (Wildman–Crippen LogP) is 0.0453. The molecule has 0 saturated carbocycles. The summed E-state index contributed by atoms with van der Waals surface area (Å²) in [6.45, 7) is 4.12. The number of nitrogens with two attached hydrogens (primary N) is 1. The van der Waals surface area contributed by atoms with E-state index in [4.69, 9.17) is 10.8 Å². The van der Waals surface area contributed by atoms with Crippen molar-refractivity contribution in [2.75, 3.05) is 6.54 Å². The second kappa shape index (κ2) is 4.61. The van der Waals surface area contributed by atoms with Gasteiger partial charge < -0.3 is 15.7 Å². The van der Waals surface area contributed by atoms with Gasteiger partial charge in [-0.15, -0.1) is 0 Å². The molecule has 1 aliphatic heterocycles. The van der Waals surface area contributed by atoms with E-state index in [2.05, 4.69) is 0 Å². The van der Waals surface area contributed by atoms with Gasteiger partial charge in [-0.1, -0.05) is 20.3 Å². The van der Waals surface area contributed by atoms with E-state index in [9.17, 15) is 9.59 Å². The number of amides is 1. The minimum Gasteiger partial charge on any atom is -0.480 e. The lowest BCUT2D eigenvalue weighted by atomic mass is 9.98. The highest BCUT2D eigenvalue weighted by molar-refractivity contribution is 5.85. The van der Waals surface area contributed by atoms with Gasteiger partial charge in [-0.2, -0.15) is 0 Å². The van der Waals surface area contributed by atoms with E-state index in [1.165, 1.54) is 4.90 Å². The lowest BCUT2D eigenvalue weighted by Crippen LogP contribution is -2.46. The number of carbonyl (C=O) groups excluding carboxylic acids is 1. The zero-order valence-corrected chi connectivity index (χ0v) is 9.14. The predicted molar refractivity (Wildman–Crippen MR) is 55.2 cm³/mol. The Hall–Kier alpha value is -1.10. The summed E-state index contributed by atoms with van der Waals surface area (Å²) in [6.07, 6.45) is 0.996. The fourth-order valence-electron chi connectivity index (χ4n) is 1.94. The Morgan fingerprint density at radius 1 is 1.73 bits per heavy atom. The van der Waals surface area contributed by atoms with Crippen LogP contribution in [0.4, 0.5) is 0 Å². The van der Waals surface area contributed by atoms with E-state index in [1.54, 1.807) is 0 Å². The molecule has 1 fully saturated rings. The van der Waals surface area contributed by atoms with Crippen LogP contribution in [-0.4, -0.2) is 40.5 Å². The van der Waals surface area contributed by atoms with E-state index < -0.39 is 12.0 Å². The van der Waals surface area contributed by atoms with Crippen molar-refractivity contribution in [2.24, 2.45) is 11.7 Å². The SMILES string of the molecule is CC[C@H](C)[C@@H](C(=O)O)N1CC(N)CC1=O. The largest absolute Gasteiger partial charge is 0.480 e. The van der Waals surface area contributed by atoms with E-state index in [0.717, 1.165) is 6.42 Å². The van der Waals surface area contributed by atoms with E-state index in [-0.39, 0.29) is 24.3 Å². The molecule has 3 N–H and O–H groups in total. The van der Waals surface area contributed by atoms with Crippen LogP contribution in [0.2, 0.25) is 0 Å². The van der Waals surface area contributed by atoms with Crippen molar-refractivity contribution in [1.29, 1.82) is 0 Å². The lowest BCUT2D eigenvalue weighted by Gasteiger charge is -2.28. The molecule has 1 rings (SSSR count). The van der Waals surface area contributed by atoms with Gasteiger partial charge in [0.15, 0.2) is 0 Å². The maximum atomic E-state index is 11.5. The van der Waals surface area contributed by atoms with Crippen LogP contribution in [0.15, 0.2) is 0 Å². The average molecular weight is 214 g/mol. The summed E-state index contributed by atoms with van der Waals surface area (Å²) in [5.74, 6) is -1.13. The normalized spacial score (nSPS) is 25.4. The van der Waals surface area contributed by atoms with Gasteiger partial charge in [0.05, 0.1) is 0 Å². The van der Waals surface area contributed by atoms with Crippen LogP contribution in [-0.2, 0) is 9.59 Å². The molecule has 1 amide bonds. The van der Waals surface area contributed by atoms with Crippen LogP contribution in [0.5, 0.6) is 0 Å². The highest BCUT2D eigenvalue weighted by Gasteiger charge is 2.38. The van der Waals surface area contributed by atoms with E-state index >= 15 is 0 Å². The van der Waals surface area contributed by atoms with Gasteiger partial charge in [0.1, 0.15) is 6.04 Å². The van der Waals surface area contributed by atoms with Crippen LogP contribution in [0.1, 0.15) is 26.7 Å². The van der Waals surface area contributed by atoms with Gasteiger partial charge in [0, 0.05) is 19.0 Å². The van der Waals surface area contributed by atoms with Crippen molar-refractivity contribution in [3.05, 3.63) is 0 Å². The Labute approximate surface area is 89.2 Å². The molecule has 1 heterocycles. The van der Waals surface area contributed by atoms with Crippen molar-refractivity contribution in [3.63, 3.8) is 0 Å². The average Bonchev–Trinajstić information content (AvgIpc) is 2.45. The summed E-state index contributed by atoms with van der Waals surface area (Å²) in [6, 6.07) is -0.945. The second-order valence-electron chi connectivity index (χ2n) is 4.18. The molecule has 0 bridgehead atoms. The molecular formula is C10H18N2O3. The van der Waals surface area contributed by atoms with Crippen molar-refractivity contribution in [3.8, 4) is 0 Å². The second-order valence-corrected chi connectivity index (χ2v) is 4.18. The monoisotopic (exact) mass is 214 g/mol. The maximum absolute atomic E-state index is 11.5. The summed E-state index contributed by atoms with van der Waals surface area (Å²) in [4.78, 5) is 24.0. The molecule has 0 aliphatic carbocycles. The van der Waals surface area contributed by atoms with Crippen LogP contribution in [0.3, 0.4) is 0 Å². The van der Waals surface area contributed by atoms with Crippen molar-refractivity contribution in [1.82, 2.24) is 4.90 Å². The van der Waals surface area contributed by atoms with Crippen LogP contribution in [0, 0.1) is 5.92 Å². The van der Waals surface area contributed by atoms with Crippen LogP contribution >= 0.6 is 0 Å². The fraction of sp³-hybridized carbons (Fsp3) is 0.800. The molecule has 86 valence electrons. The fourth-order valence-corrected chi connectivity index (χ4v) is 1.94. The topological polar surface area (TPSA) is 83.6 Å². The maximum Gasteiger partial charge on any atom is 0.326 e. The number of hydrogen-bond donors (Lipinski definition) is 2. The number of rotatable bonds is 4. The summed E-state index contributed by atoms with van der Waals surface area (Å²) in [5, 5.41) is 9.10. The van der Waals surface area contributed by atoms with Crippen molar-refractivity contribution >= 4 is 11.9 Å². The summed E-state index contributed by atoms with van der Waals surface area (Å²) < 4.78 is 0. The van der Waals surface area contributed by atoms with Gasteiger partial charge in [0.25, 0.3) is 0 Å². The zero-order valence-electron chi connectivity index (χ0n) is 9.14. The number of carboxylic acids is 1. The molecule has 0 spiro atoms. The molecule has 1 saturated heterocycles. The highest BCUT2D eigenvalue weighted by atomic mass is 16.4. The molecule has 15 heavy (non-hydrogen) atoms. The number of carboxylic acid groups (broad SMARTS) is 1. The summed E-state index contributed by atoms with van der Waals surface area (Å²) in [7, 11) is 0. The lowest BCUT2D eigenvalue weighted by molar-refractivity contribution is -0.150. The minimum atomic E-state index is -0.938. The Balaban J connectivity index is 2.81. The number of carbonyl (C=O) groups is 2. The van der Waals surface area contributed by atoms with Crippen molar-refractivity contribution in [2.45, 2.75) is 38.8 Å². The van der Waals surface area contributed by atoms with Crippen LogP contribution in [0.25, 0.3) is 0 Å². The van der Waals surface area contributed by atoms with Gasteiger partial charge >= 0.3 is 5.97 Å².